The number of rotatable bonds is 5. The molecule has 1 N–H and O–H groups in total. The molecule has 0 spiro atoms. The third kappa shape index (κ3) is 5.41. The second-order valence-electron chi connectivity index (χ2n) is 6.53. The average molecular weight is 311 g/mol. The Morgan fingerprint density at radius 1 is 1.23 bits per heavy atom. The van der Waals surface area contributed by atoms with Gasteiger partial charge in [0.1, 0.15) is 0 Å². The predicted octanol–water partition coefficient (Wildman–Crippen LogP) is 0.168. The number of nitrogens with zero attached hydrogens (tertiary/aromatic N) is 4. The predicted molar refractivity (Wildman–Crippen MR) is 91.5 cm³/mol. The first-order chi connectivity index (χ1) is 10.7. The molecule has 1 atom stereocenters. The first-order valence-corrected chi connectivity index (χ1v) is 8.58. The van der Waals surface area contributed by atoms with E-state index in [2.05, 4.69) is 32.1 Å². The van der Waals surface area contributed by atoms with Crippen LogP contribution in [0.5, 0.6) is 0 Å². The minimum Gasteiger partial charge on any atom is -0.384 e. The highest BCUT2D eigenvalue weighted by atomic mass is 16.5. The Morgan fingerprint density at radius 3 is 2.86 bits per heavy atom. The standard InChI is InChI=1S/C16H33N5O/c1-17-16(21-9-5-15(13-21)14-22-3)18-6-10-20-8-4-7-19(2)11-12-20/h15H,4-14H2,1-3H3,(H,17,18). The molecule has 2 heterocycles. The first-order valence-electron chi connectivity index (χ1n) is 8.58. The molecule has 0 aromatic carbocycles. The van der Waals surface area contributed by atoms with Crippen LogP contribution in [0.25, 0.3) is 0 Å². The summed E-state index contributed by atoms with van der Waals surface area (Å²) in [4.78, 5) is 11.8. The van der Waals surface area contributed by atoms with Crippen molar-refractivity contribution in [1.82, 2.24) is 20.0 Å². The van der Waals surface area contributed by atoms with Crippen molar-refractivity contribution in [1.29, 1.82) is 0 Å². The van der Waals surface area contributed by atoms with Gasteiger partial charge < -0.3 is 24.8 Å². The molecule has 2 aliphatic heterocycles. The van der Waals surface area contributed by atoms with Gasteiger partial charge in [-0.1, -0.05) is 0 Å². The van der Waals surface area contributed by atoms with Gasteiger partial charge in [-0.15, -0.1) is 0 Å². The van der Waals surface area contributed by atoms with Crippen LogP contribution in [0.15, 0.2) is 4.99 Å². The zero-order valence-electron chi connectivity index (χ0n) is 14.6. The van der Waals surface area contributed by atoms with Crippen molar-refractivity contribution >= 4 is 5.96 Å². The topological polar surface area (TPSA) is 43.3 Å². The summed E-state index contributed by atoms with van der Waals surface area (Å²) in [5.41, 5.74) is 0. The van der Waals surface area contributed by atoms with Gasteiger partial charge in [-0.2, -0.15) is 0 Å². The Hall–Kier alpha value is -0.850. The van der Waals surface area contributed by atoms with Crippen LogP contribution < -0.4 is 5.32 Å². The lowest BCUT2D eigenvalue weighted by molar-refractivity contribution is 0.157. The third-order valence-corrected chi connectivity index (χ3v) is 4.72. The van der Waals surface area contributed by atoms with Crippen LogP contribution in [-0.2, 0) is 4.74 Å². The minimum atomic E-state index is 0.643. The molecule has 0 saturated carbocycles. The van der Waals surface area contributed by atoms with E-state index in [1.807, 2.05) is 7.05 Å². The van der Waals surface area contributed by atoms with Crippen LogP contribution in [0.2, 0.25) is 0 Å². The lowest BCUT2D eigenvalue weighted by atomic mass is 10.1. The molecule has 2 aliphatic rings. The number of aliphatic imine (C=N–C) groups is 1. The Kier molecular flexibility index (Phi) is 7.42. The second-order valence-corrected chi connectivity index (χ2v) is 6.53. The summed E-state index contributed by atoms with van der Waals surface area (Å²) < 4.78 is 5.27. The number of ether oxygens (including phenoxy) is 1. The SMILES string of the molecule is CN=C(NCCN1CCCN(C)CC1)N1CCC(COC)C1. The van der Waals surface area contributed by atoms with Crippen LogP contribution in [0.4, 0.5) is 0 Å². The van der Waals surface area contributed by atoms with Crippen molar-refractivity contribution < 1.29 is 4.74 Å². The van der Waals surface area contributed by atoms with E-state index in [1.54, 1.807) is 7.11 Å². The van der Waals surface area contributed by atoms with Gasteiger partial charge in [0.25, 0.3) is 0 Å². The van der Waals surface area contributed by atoms with E-state index >= 15 is 0 Å². The molecule has 2 saturated heterocycles. The number of guanidine groups is 1. The highest BCUT2D eigenvalue weighted by Crippen LogP contribution is 2.16. The van der Waals surface area contributed by atoms with Crippen molar-refractivity contribution in [2.24, 2.45) is 10.9 Å². The molecule has 0 bridgehead atoms. The third-order valence-electron chi connectivity index (χ3n) is 4.72. The maximum Gasteiger partial charge on any atom is 0.193 e. The molecule has 0 radical (unpaired) electrons. The fourth-order valence-corrected chi connectivity index (χ4v) is 3.38. The van der Waals surface area contributed by atoms with Gasteiger partial charge in [0.15, 0.2) is 5.96 Å². The van der Waals surface area contributed by atoms with E-state index in [0.717, 1.165) is 38.7 Å². The van der Waals surface area contributed by atoms with Crippen molar-refractivity contribution in [2.75, 3.05) is 80.2 Å². The molecule has 1 unspecified atom stereocenters. The lowest BCUT2D eigenvalue weighted by Crippen LogP contribution is -2.44. The van der Waals surface area contributed by atoms with Gasteiger partial charge in [-0.25, -0.2) is 0 Å². The molecule has 0 amide bonds. The summed E-state index contributed by atoms with van der Waals surface area (Å²) in [7, 11) is 5.88. The fourth-order valence-electron chi connectivity index (χ4n) is 3.38. The van der Waals surface area contributed by atoms with Gasteiger partial charge in [0.2, 0.25) is 0 Å². The zero-order chi connectivity index (χ0) is 15.8. The number of nitrogens with one attached hydrogen (secondary N) is 1. The van der Waals surface area contributed by atoms with Crippen LogP contribution in [0.3, 0.4) is 0 Å². The fraction of sp³-hybridized carbons (Fsp3) is 0.938. The summed E-state index contributed by atoms with van der Waals surface area (Å²) in [6, 6.07) is 0. The van der Waals surface area contributed by atoms with Gasteiger partial charge in [-0.05, 0) is 33.0 Å². The van der Waals surface area contributed by atoms with Gasteiger partial charge in [0.05, 0.1) is 6.61 Å². The number of hydrogen-bond donors (Lipinski definition) is 1. The van der Waals surface area contributed by atoms with Crippen LogP contribution >= 0.6 is 0 Å². The summed E-state index contributed by atoms with van der Waals surface area (Å²) >= 11 is 0. The zero-order valence-corrected chi connectivity index (χ0v) is 14.6. The largest absolute Gasteiger partial charge is 0.384 e. The Bertz CT molecular complexity index is 349. The maximum absolute atomic E-state index is 5.27. The molecule has 2 rings (SSSR count). The minimum absolute atomic E-state index is 0.643. The lowest BCUT2D eigenvalue weighted by Gasteiger charge is -2.24. The average Bonchev–Trinajstić information content (AvgIpc) is 2.87. The smallest absolute Gasteiger partial charge is 0.193 e. The van der Waals surface area contributed by atoms with Gasteiger partial charge in [0, 0.05) is 59.3 Å². The molecular formula is C16H33N5O. The van der Waals surface area contributed by atoms with Crippen LogP contribution in [0.1, 0.15) is 12.8 Å². The molecule has 6 heteroatoms. The van der Waals surface area contributed by atoms with E-state index in [1.165, 1.54) is 39.0 Å². The highest BCUT2D eigenvalue weighted by Gasteiger charge is 2.24. The van der Waals surface area contributed by atoms with E-state index in [4.69, 9.17) is 4.74 Å². The molecule has 0 aromatic heterocycles. The summed E-state index contributed by atoms with van der Waals surface area (Å²) in [5, 5.41) is 3.53. The van der Waals surface area contributed by atoms with Gasteiger partial charge in [-0.3, -0.25) is 4.99 Å². The Balaban J connectivity index is 1.68. The van der Waals surface area contributed by atoms with E-state index in [9.17, 15) is 0 Å². The maximum atomic E-state index is 5.27. The quantitative estimate of drug-likeness (QED) is 0.579. The molecule has 128 valence electrons. The second kappa shape index (κ2) is 9.33. The summed E-state index contributed by atoms with van der Waals surface area (Å²) in [6.45, 7) is 9.86. The first kappa shape index (κ1) is 17.5. The van der Waals surface area contributed by atoms with E-state index in [0.29, 0.717) is 5.92 Å². The van der Waals surface area contributed by atoms with Crippen molar-refractivity contribution in [3.05, 3.63) is 0 Å². The number of likely N-dealkylation sites (tertiary alicyclic amines) is 1. The molecule has 0 aliphatic carbocycles. The van der Waals surface area contributed by atoms with Crippen LogP contribution in [-0.4, -0.2) is 101 Å². The Labute approximate surface area is 135 Å². The number of hydrogen-bond acceptors (Lipinski definition) is 4. The molecular weight excluding hydrogens is 278 g/mol. The number of methoxy groups -OCH3 is 1. The monoisotopic (exact) mass is 311 g/mol. The van der Waals surface area contributed by atoms with E-state index in [-0.39, 0.29) is 0 Å². The van der Waals surface area contributed by atoms with Crippen LogP contribution in [0, 0.1) is 5.92 Å². The molecule has 6 nitrogen and oxygen atoms in total. The van der Waals surface area contributed by atoms with E-state index < -0.39 is 0 Å². The van der Waals surface area contributed by atoms with Crippen molar-refractivity contribution in [2.45, 2.75) is 12.8 Å². The summed E-state index contributed by atoms with van der Waals surface area (Å²) in [6.07, 6.45) is 2.48. The molecule has 2 fully saturated rings. The number of likely N-dealkylation sites (N-methyl/N-ethyl adjacent to an activating group) is 1. The van der Waals surface area contributed by atoms with Gasteiger partial charge >= 0.3 is 0 Å². The Morgan fingerprint density at radius 2 is 2.09 bits per heavy atom. The summed E-state index contributed by atoms with van der Waals surface area (Å²) in [5.74, 6) is 1.69. The van der Waals surface area contributed by atoms with Crippen molar-refractivity contribution in [3.8, 4) is 0 Å². The van der Waals surface area contributed by atoms with Crippen molar-refractivity contribution in [3.63, 3.8) is 0 Å². The molecule has 0 aromatic rings. The highest BCUT2D eigenvalue weighted by molar-refractivity contribution is 5.80. The molecule has 22 heavy (non-hydrogen) atoms. The normalized spacial score (nSPS) is 25.5.